The molecule has 8 nitrogen and oxygen atoms in total. The van der Waals surface area contributed by atoms with Crippen molar-refractivity contribution in [2.45, 2.75) is 25.8 Å². The fraction of sp³-hybridized carbons (Fsp3) is 0.250. The van der Waals surface area contributed by atoms with Gasteiger partial charge in [-0.2, -0.15) is 0 Å². The Bertz CT molecular complexity index is 1500. The summed E-state index contributed by atoms with van der Waals surface area (Å²) < 4.78 is 11.6. The quantitative estimate of drug-likeness (QED) is 0.334. The summed E-state index contributed by atoms with van der Waals surface area (Å²) in [7, 11) is 0. The summed E-state index contributed by atoms with van der Waals surface area (Å²) in [5.41, 5.74) is 0.751. The third-order valence-corrected chi connectivity index (χ3v) is 7.22. The van der Waals surface area contributed by atoms with Crippen LogP contribution in [0.15, 0.2) is 70.4 Å². The van der Waals surface area contributed by atoms with E-state index < -0.39 is 23.3 Å². The Morgan fingerprint density at radius 3 is 2.62 bits per heavy atom. The minimum atomic E-state index is -1.67. The first-order chi connectivity index (χ1) is 17.8. The van der Waals surface area contributed by atoms with Gasteiger partial charge in [-0.3, -0.25) is 4.79 Å². The van der Waals surface area contributed by atoms with E-state index >= 15 is 0 Å². The van der Waals surface area contributed by atoms with Crippen LogP contribution < -0.4 is 0 Å². The van der Waals surface area contributed by atoms with Gasteiger partial charge in [-0.25, -0.2) is 9.59 Å². The second-order valence-electron chi connectivity index (χ2n) is 8.75. The fourth-order valence-corrected chi connectivity index (χ4v) is 5.54. The van der Waals surface area contributed by atoms with Crippen molar-refractivity contribution in [2.75, 3.05) is 19.8 Å². The molecule has 0 radical (unpaired) electrons. The van der Waals surface area contributed by atoms with Gasteiger partial charge in [0.2, 0.25) is 5.54 Å². The lowest BCUT2D eigenvalue weighted by atomic mass is 9.75. The molecule has 1 atom stereocenters. The number of allylic oxidation sites excluding steroid dienone is 2. The maximum absolute atomic E-state index is 13.9. The first-order valence-corrected chi connectivity index (χ1v) is 12.8. The Morgan fingerprint density at radius 2 is 1.86 bits per heavy atom. The number of hydrogen-bond acceptors (Lipinski definition) is 7. The van der Waals surface area contributed by atoms with Crippen molar-refractivity contribution in [3.05, 3.63) is 87.2 Å². The number of halogens is 1. The molecule has 3 aromatic rings. The first kappa shape index (κ1) is 24.8. The number of esters is 2. The summed E-state index contributed by atoms with van der Waals surface area (Å²) in [6.07, 6.45) is 3.52. The normalized spacial score (nSPS) is 18.4. The SMILES string of the molecule is CCOC(=O)C1=CC(C(=O)c2cc(Br)ccc2O)=CN2CCc3c([nH]c4ccccc34)C12C(=O)OCC. The average Bonchev–Trinajstić information content (AvgIpc) is 3.28. The minimum absolute atomic E-state index is 0.0272. The number of aromatic amines is 1. The Kier molecular flexibility index (Phi) is 6.41. The number of fused-ring (bicyclic) bond motifs is 5. The van der Waals surface area contributed by atoms with Gasteiger partial charge in [-0.1, -0.05) is 34.1 Å². The van der Waals surface area contributed by atoms with Crippen LogP contribution in [0.3, 0.4) is 0 Å². The van der Waals surface area contributed by atoms with Crippen LogP contribution in [-0.2, 0) is 31.0 Å². The number of phenols is 1. The number of para-hydroxylation sites is 1. The van der Waals surface area contributed by atoms with Crippen molar-refractivity contribution < 1.29 is 29.0 Å². The molecule has 0 fully saturated rings. The number of rotatable bonds is 6. The predicted octanol–water partition coefficient (Wildman–Crippen LogP) is 4.52. The molecule has 0 saturated carbocycles. The van der Waals surface area contributed by atoms with Crippen molar-refractivity contribution >= 4 is 44.6 Å². The third-order valence-electron chi connectivity index (χ3n) is 6.73. The smallest absolute Gasteiger partial charge is 0.343 e. The molecule has 2 aliphatic rings. The molecular formula is C28H25BrN2O6. The zero-order valence-electron chi connectivity index (χ0n) is 20.3. The highest BCUT2D eigenvalue weighted by atomic mass is 79.9. The molecule has 190 valence electrons. The van der Waals surface area contributed by atoms with Gasteiger partial charge in [0.15, 0.2) is 5.78 Å². The second kappa shape index (κ2) is 9.55. The van der Waals surface area contributed by atoms with E-state index in [4.69, 9.17) is 9.47 Å². The summed E-state index contributed by atoms with van der Waals surface area (Å²) in [5.74, 6) is -2.07. The highest BCUT2D eigenvalue weighted by Crippen LogP contribution is 2.48. The van der Waals surface area contributed by atoms with E-state index in [-0.39, 0.29) is 35.7 Å². The van der Waals surface area contributed by atoms with Gasteiger partial charge in [0, 0.05) is 33.7 Å². The number of Topliss-reactive ketones (excluding diaryl/α,β-unsaturated/α-hetero) is 1. The number of H-pyrrole nitrogens is 1. The minimum Gasteiger partial charge on any atom is -0.507 e. The number of phenolic OH excluding ortho intramolecular Hbond substituents is 1. The molecule has 2 aromatic carbocycles. The molecule has 0 bridgehead atoms. The Morgan fingerprint density at radius 1 is 1.11 bits per heavy atom. The van der Waals surface area contributed by atoms with Crippen molar-refractivity contribution in [3.8, 4) is 5.75 Å². The van der Waals surface area contributed by atoms with E-state index in [1.165, 1.54) is 18.2 Å². The van der Waals surface area contributed by atoms with Crippen molar-refractivity contribution in [3.63, 3.8) is 0 Å². The monoisotopic (exact) mass is 564 g/mol. The number of benzene rings is 2. The van der Waals surface area contributed by atoms with Crippen LogP contribution in [0.1, 0.15) is 35.5 Å². The predicted molar refractivity (Wildman–Crippen MR) is 140 cm³/mol. The topological polar surface area (TPSA) is 109 Å². The number of carbonyl (C=O) groups excluding carboxylic acids is 3. The van der Waals surface area contributed by atoms with Crippen LogP contribution in [0.2, 0.25) is 0 Å². The van der Waals surface area contributed by atoms with Crippen molar-refractivity contribution in [1.82, 2.24) is 9.88 Å². The van der Waals surface area contributed by atoms with Gasteiger partial charge in [-0.15, -0.1) is 0 Å². The standard InChI is InChI=1S/C28H25BrN2O6/c1-3-36-26(34)21-13-16(24(33)20-14-17(29)9-10-23(20)32)15-31-12-11-19-18-7-5-6-8-22(18)30-25(19)28(21,31)27(35)37-4-2/h5-10,13-15,30,32H,3-4,11-12H2,1-2H3. The zero-order valence-corrected chi connectivity index (χ0v) is 21.9. The Labute approximate surface area is 221 Å². The van der Waals surface area contributed by atoms with Crippen LogP contribution in [0.4, 0.5) is 0 Å². The number of aromatic hydroxyl groups is 1. The van der Waals surface area contributed by atoms with Crippen molar-refractivity contribution in [2.24, 2.45) is 0 Å². The van der Waals surface area contributed by atoms with E-state index in [1.807, 2.05) is 24.3 Å². The Balaban J connectivity index is 1.76. The van der Waals surface area contributed by atoms with Crippen LogP contribution in [0.5, 0.6) is 5.75 Å². The number of nitrogens with zero attached hydrogens (tertiary/aromatic N) is 1. The molecule has 0 amide bonds. The maximum atomic E-state index is 13.9. The molecule has 5 rings (SSSR count). The summed E-state index contributed by atoms with van der Waals surface area (Å²) in [6.45, 7) is 3.89. The largest absolute Gasteiger partial charge is 0.507 e. The van der Waals surface area contributed by atoms with Gasteiger partial charge in [-0.05, 0) is 56.2 Å². The molecule has 0 aliphatic carbocycles. The number of aromatic nitrogens is 1. The van der Waals surface area contributed by atoms with Crippen LogP contribution in [0.25, 0.3) is 10.9 Å². The van der Waals surface area contributed by atoms with E-state index in [1.54, 1.807) is 31.0 Å². The number of ketones is 1. The van der Waals surface area contributed by atoms with Gasteiger partial charge in [0.1, 0.15) is 5.75 Å². The lowest BCUT2D eigenvalue weighted by Crippen LogP contribution is -2.58. The highest BCUT2D eigenvalue weighted by Gasteiger charge is 2.58. The van der Waals surface area contributed by atoms with Crippen LogP contribution in [0, 0.1) is 0 Å². The Hall–Kier alpha value is -3.85. The lowest BCUT2D eigenvalue weighted by molar-refractivity contribution is -0.159. The van der Waals surface area contributed by atoms with Gasteiger partial charge in [0.05, 0.1) is 30.0 Å². The number of carbonyl (C=O) groups is 3. The second-order valence-corrected chi connectivity index (χ2v) is 9.67. The molecule has 37 heavy (non-hydrogen) atoms. The summed E-state index contributed by atoms with van der Waals surface area (Å²) in [4.78, 5) is 46.0. The molecule has 1 aromatic heterocycles. The molecule has 0 spiro atoms. The highest BCUT2D eigenvalue weighted by molar-refractivity contribution is 9.10. The van der Waals surface area contributed by atoms with Crippen LogP contribution >= 0.6 is 15.9 Å². The van der Waals surface area contributed by atoms with E-state index in [0.29, 0.717) is 23.1 Å². The first-order valence-electron chi connectivity index (χ1n) is 12.0. The van der Waals surface area contributed by atoms with Gasteiger partial charge >= 0.3 is 11.9 Å². The molecule has 3 heterocycles. The summed E-state index contributed by atoms with van der Waals surface area (Å²) >= 11 is 3.33. The lowest BCUT2D eigenvalue weighted by Gasteiger charge is -2.46. The molecular weight excluding hydrogens is 540 g/mol. The number of nitrogens with one attached hydrogen (secondary N) is 1. The van der Waals surface area contributed by atoms with Gasteiger partial charge < -0.3 is 24.5 Å². The van der Waals surface area contributed by atoms with Gasteiger partial charge in [0.25, 0.3) is 0 Å². The van der Waals surface area contributed by atoms with E-state index in [2.05, 4.69) is 20.9 Å². The number of hydrogen-bond donors (Lipinski definition) is 2. The molecule has 2 aliphatic heterocycles. The zero-order chi connectivity index (χ0) is 26.3. The molecule has 9 heteroatoms. The molecule has 0 saturated heterocycles. The van der Waals surface area contributed by atoms with E-state index in [0.717, 1.165) is 16.5 Å². The van der Waals surface area contributed by atoms with Crippen molar-refractivity contribution in [1.29, 1.82) is 0 Å². The molecule has 2 N–H and O–H groups in total. The summed E-state index contributed by atoms with van der Waals surface area (Å²) in [5, 5.41) is 11.3. The fourth-order valence-electron chi connectivity index (χ4n) is 5.18. The van der Waals surface area contributed by atoms with Crippen LogP contribution in [-0.4, -0.2) is 52.5 Å². The third kappa shape index (κ3) is 3.85. The number of ether oxygens (including phenoxy) is 2. The molecule has 1 unspecified atom stereocenters. The maximum Gasteiger partial charge on any atom is 0.343 e. The average molecular weight is 565 g/mol. The summed E-state index contributed by atoms with van der Waals surface area (Å²) in [6, 6.07) is 12.2. The van der Waals surface area contributed by atoms with E-state index in [9.17, 15) is 19.5 Å².